The molecule has 2 aromatic heterocycles. The van der Waals surface area contributed by atoms with Gasteiger partial charge in [-0.05, 0) is 24.3 Å². The number of fused-ring (bicyclic) bond motifs is 1. The predicted molar refractivity (Wildman–Crippen MR) is 78.4 cm³/mol. The van der Waals surface area contributed by atoms with Crippen LogP contribution in [0.15, 0.2) is 54.9 Å². The summed E-state index contributed by atoms with van der Waals surface area (Å²) >= 11 is 0. The van der Waals surface area contributed by atoms with E-state index in [1.54, 1.807) is 12.4 Å². The van der Waals surface area contributed by atoms with Crippen LogP contribution >= 0.6 is 0 Å². The van der Waals surface area contributed by atoms with Gasteiger partial charge in [0, 0.05) is 23.3 Å². The summed E-state index contributed by atoms with van der Waals surface area (Å²) in [6.07, 6.45) is 3.43. The molecule has 0 saturated heterocycles. The number of hydroxylamine groups is 2. The molecule has 106 valence electrons. The second kappa shape index (κ2) is 5.26. The number of carbonyl (C=O) groups is 1. The third-order valence-corrected chi connectivity index (χ3v) is 3.30. The molecule has 0 saturated carbocycles. The monoisotopic (exact) mass is 282 g/mol. The summed E-state index contributed by atoms with van der Waals surface area (Å²) in [5.41, 5.74) is 7.74. The van der Waals surface area contributed by atoms with E-state index in [-0.39, 0.29) is 6.67 Å². The molecule has 21 heavy (non-hydrogen) atoms. The molecule has 6 nitrogen and oxygen atoms in total. The number of nitrogens with two attached hydrogens (primary N) is 1. The van der Waals surface area contributed by atoms with Crippen LogP contribution in [-0.2, 0) is 6.67 Å². The zero-order chi connectivity index (χ0) is 14.8. The van der Waals surface area contributed by atoms with E-state index in [0.29, 0.717) is 5.06 Å². The molecule has 0 unspecified atom stereocenters. The number of para-hydroxylation sites is 1. The number of carbonyl (C=O) groups excluding carboxylic acids is 1. The zero-order valence-corrected chi connectivity index (χ0v) is 11.2. The van der Waals surface area contributed by atoms with Gasteiger partial charge in [0.2, 0.25) is 0 Å². The van der Waals surface area contributed by atoms with E-state index in [1.165, 1.54) is 0 Å². The van der Waals surface area contributed by atoms with Gasteiger partial charge >= 0.3 is 6.03 Å². The van der Waals surface area contributed by atoms with Gasteiger partial charge in [0.05, 0.1) is 11.2 Å². The van der Waals surface area contributed by atoms with Gasteiger partial charge in [-0.2, -0.15) is 5.06 Å². The summed E-state index contributed by atoms with van der Waals surface area (Å²) in [5, 5.41) is 11.1. The third kappa shape index (κ3) is 2.44. The fourth-order valence-corrected chi connectivity index (χ4v) is 2.32. The molecule has 1 aromatic carbocycles. The summed E-state index contributed by atoms with van der Waals surface area (Å²) in [5.74, 6) is 0. The smallest absolute Gasteiger partial charge is 0.340 e. The van der Waals surface area contributed by atoms with Crippen molar-refractivity contribution in [2.45, 2.75) is 6.67 Å². The Balaban J connectivity index is 2.17. The third-order valence-electron chi connectivity index (χ3n) is 3.30. The SMILES string of the molecule is NC(=O)N(O)Cn1c(-c2cccnc2)cc2ccccc21. The molecule has 3 aromatic rings. The minimum absolute atomic E-state index is 0.0485. The predicted octanol–water partition coefficient (Wildman–Crippen LogP) is 2.43. The second-order valence-corrected chi connectivity index (χ2v) is 4.64. The van der Waals surface area contributed by atoms with Gasteiger partial charge in [-0.15, -0.1) is 0 Å². The Morgan fingerprint density at radius 3 is 2.81 bits per heavy atom. The van der Waals surface area contributed by atoms with E-state index in [9.17, 15) is 10.0 Å². The Hall–Kier alpha value is -2.86. The zero-order valence-electron chi connectivity index (χ0n) is 11.2. The lowest BCUT2D eigenvalue weighted by Gasteiger charge is -2.16. The molecule has 2 amide bonds. The van der Waals surface area contributed by atoms with Crippen LogP contribution in [0.1, 0.15) is 0 Å². The Bertz CT molecular complexity index is 783. The van der Waals surface area contributed by atoms with Crippen molar-refractivity contribution in [3.05, 3.63) is 54.9 Å². The maximum absolute atomic E-state index is 11.1. The molecule has 0 aliphatic carbocycles. The van der Waals surface area contributed by atoms with Crippen LogP contribution in [0.5, 0.6) is 0 Å². The Kier molecular flexibility index (Phi) is 3.29. The number of aromatic nitrogens is 2. The molecule has 0 aliphatic rings. The van der Waals surface area contributed by atoms with E-state index < -0.39 is 6.03 Å². The highest BCUT2D eigenvalue weighted by atomic mass is 16.5. The lowest BCUT2D eigenvalue weighted by Crippen LogP contribution is -2.34. The average Bonchev–Trinajstić information content (AvgIpc) is 2.87. The number of pyridine rings is 1. The lowest BCUT2D eigenvalue weighted by atomic mass is 10.2. The molecule has 0 radical (unpaired) electrons. The molecule has 0 bridgehead atoms. The summed E-state index contributed by atoms with van der Waals surface area (Å²) in [6.45, 7) is -0.0485. The number of rotatable bonds is 3. The van der Waals surface area contributed by atoms with Gasteiger partial charge in [-0.1, -0.05) is 18.2 Å². The van der Waals surface area contributed by atoms with Crippen LogP contribution < -0.4 is 5.73 Å². The van der Waals surface area contributed by atoms with Crippen molar-refractivity contribution in [2.24, 2.45) is 5.73 Å². The van der Waals surface area contributed by atoms with E-state index >= 15 is 0 Å². The van der Waals surface area contributed by atoms with E-state index in [2.05, 4.69) is 4.98 Å². The van der Waals surface area contributed by atoms with E-state index in [1.807, 2.05) is 47.0 Å². The highest BCUT2D eigenvalue weighted by Crippen LogP contribution is 2.27. The van der Waals surface area contributed by atoms with Crippen molar-refractivity contribution in [2.75, 3.05) is 0 Å². The maximum atomic E-state index is 11.1. The Morgan fingerprint density at radius 2 is 2.10 bits per heavy atom. The first-order chi connectivity index (χ1) is 10.2. The van der Waals surface area contributed by atoms with Gasteiger partial charge in [0.1, 0.15) is 6.67 Å². The van der Waals surface area contributed by atoms with Crippen molar-refractivity contribution in [3.8, 4) is 11.3 Å². The molecular formula is C15H14N4O2. The Morgan fingerprint density at radius 1 is 1.29 bits per heavy atom. The van der Waals surface area contributed by atoms with E-state index in [4.69, 9.17) is 5.73 Å². The maximum Gasteiger partial charge on any atom is 0.340 e. The lowest BCUT2D eigenvalue weighted by molar-refractivity contribution is -0.0631. The molecule has 0 aliphatic heterocycles. The average molecular weight is 282 g/mol. The molecule has 6 heteroatoms. The van der Waals surface area contributed by atoms with Crippen LogP contribution in [0.2, 0.25) is 0 Å². The van der Waals surface area contributed by atoms with Gasteiger partial charge in [0.25, 0.3) is 0 Å². The highest BCUT2D eigenvalue weighted by molar-refractivity contribution is 5.87. The first-order valence-electron chi connectivity index (χ1n) is 6.41. The van der Waals surface area contributed by atoms with Crippen molar-refractivity contribution < 1.29 is 10.0 Å². The van der Waals surface area contributed by atoms with Crippen molar-refractivity contribution in [1.82, 2.24) is 14.6 Å². The van der Waals surface area contributed by atoms with Gasteiger partial charge in [-0.3, -0.25) is 10.2 Å². The van der Waals surface area contributed by atoms with Crippen LogP contribution in [-0.4, -0.2) is 25.9 Å². The molecular weight excluding hydrogens is 268 g/mol. The van der Waals surface area contributed by atoms with Gasteiger partial charge < -0.3 is 10.3 Å². The first-order valence-corrected chi connectivity index (χ1v) is 6.41. The quantitative estimate of drug-likeness (QED) is 0.571. The van der Waals surface area contributed by atoms with Crippen molar-refractivity contribution >= 4 is 16.9 Å². The highest BCUT2D eigenvalue weighted by Gasteiger charge is 2.14. The number of hydrogen-bond acceptors (Lipinski definition) is 3. The normalized spacial score (nSPS) is 10.7. The minimum atomic E-state index is -0.898. The van der Waals surface area contributed by atoms with Gasteiger partial charge in [0.15, 0.2) is 0 Å². The molecule has 3 N–H and O–H groups in total. The first kappa shape index (κ1) is 13.1. The number of benzene rings is 1. The van der Waals surface area contributed by atoms with E-state index in [0.717, 1.165) is 22.2 Å². The summed E-state index contributed by atoms with van der Waals surface area (Å²) in [7, 11) is 0. The topological polar surface area (TPSA) is 84.4 Å². The molecule has 2 heterocycles. The van der Waals surface area contributed by atoms with Crippen LogP contribution in [0, 0.1) is 0 Å². The second-order valence-electron chi connectivity index (χ2n) is 4.64. The van der Waals surface area contributed by atoms with Crippen molar-refractivity contribution in [1.29, 1.82) is 0 Å². The molecule has 0 atom stereocenters. The molecule has 3 rings (SSSR count). The number of urea groups is 1. The Labute approximate surface area is 121 Å². The number of amides is 2. The number of hydrogen-bond donors (Lipinski definition) is 2. The number of primary amides is 1. The summed E-state index contributed by atoms with van der Waals surface area (Å²) in [4.78, 5) is 15.2. The van der Waals surface area contributed by atoms with Crippen LogP contribution in [0.4, 0.5) is 4.79 Å². The van der Waals surface area contributed by atoms with Crippen LogP contribution in [0.25, 0.3) is 22.2 Å². The fourth-order valence-electron chi connectivity index (χ4n) is 2.32. The number of nitrogens with zero attached hydrogens (tertiary/aromatic N) is 3. The molecule has 0 spiro atoms. The summed E-state index contributed by atoms with van der Waals surface area (Å²) < 4.78 is 1.82. The standard InChI is InChI=1S/C15H14N4O2/c16-15(20)19(21)10-18-13-6-2-1-4-11(13)8-14(18)12-5-3-7-17-9-12/h1-9,21H,10H2,(H2,16,20). The van der Waals surface area contributed by atoms with Crippen molar-refractivity contribution in [3.63, 3.8) is 0 Å². The summed E-state index contributed by atoms with van der Waals surface area (Å²) in [6, 6.07) is 12.6. The largest absolute Gasteiger partial charge is 0.350 e. The molecule has 0 fully saturated rings. The van der Waals surface area contributed by atoms with Crippen LogP contribution in [0.3, 0.4) is 0 Å². The fraction of sp³-hybridized carbons (Fsp3) is 0.0667. The van der Waals surface area contributed by atoms with Gasteiger partial charge in [-0.25, -0.2) is 4.79 Å². The minimum Gasteiger partial charge on any atom is -0.350 e.